The fourth-order valence-electron chi connectivity index (χ4n) is 2.40. The third-order valence-corrected chi connectivity index (χ3v) is 3.54. The minimum atomic E-state index is -0.220. The summed E-state index contributed by atoms with van der Waals surface area (Å²) >= 11 is 0. The Morgan fingerprint density at radius 2 is 1.91 bits per heavy atom. The van der Waals surface area contributed by atoms with E-state index in [9.17, 15) is 4.79 Å². The number of hydrogen-bond acceptors (Lipinski definition) is 4. The van der Waals surface area contributed by atoms with Crippen molar-refractivity contribution >= 4 is 17.5 Å². The fourth-order valence-corrected chi connectivity index (χ4v) is 2.40. The van der Waals surface area contributed by atoms with E-state index in [1.54, 1.807) is 12.3 Å². The van der Waals surface area contributed by atoms with Crippen LogP contribution in [-0.2, 0) is 0 Å². The largest absolute Gasteiger partial charge is 0.344 e. The van der Waals surface area contributed by atoms with Crippen LogP contribution in [0, 0.1) is 13.8 Å². The summed E-state index contributed by atoms with van der Waals surface area (Å²) < 4.78 is 0. The van der Waals surface area contributed by atoms with Crippen LogP contribution in [0.5, 0.6) is 0 Å². The Balaban J connectivity index is 2.13. The van der Waals surface area contributed by atoms with Gasteiger partial charge >= 0.3 is 0 Å². The zero-order valence-electron chi connectivity index (χ0n) is 14.3. The van der Waals surface area contributed by atoms with Crippen molar-refractivity contribution in [3.63, 3.8) is 0 Å². The molecule has 1 N–H and O–H groups in total. The topological polar surface area (TPSA) is 58.1 Å². The maximum atomic E-state index is 12.4. The molecule has 5 nitrogen and oxygen atoms in total. The minimum absolute atomic E-state index is 0.220. The number of carbonyl (C=O) groups excluding carboxylic acids is 1. The van der Waals surface area contributed by atoms with Crippen LogP contribution in [0.1, 0.15) is 41.4 Å². The molecule has 0 saturated carbocycles. The first-order valence-electron chi connectivity index (χ1n) is 7.93. The lowest BCUT2D eigenvalue weighted by atomic mass is 10.1. The number of nitrogens with zero attached hydrogens (tertiary/aromatic N) is 3. The molecule has 2 rings (SSSR count). The second-order valence-electron chi connectivity index (χ2n) is 5.85. The van der Waals surface area contributed by atoms with Gasteiger partial charge in [-0.25, -0.2) is 9.97 Å². The first-order chi connectivity index (χ1) is 11.0. The molecule has 0 aliphatic rings. The van der Waals surface area contributed by atoms with E-state index in [0.29, 0.717) is 11.6 Å². The molecule has 1 amide bonds. The van der Waals surface area contributed by atoms with E-state index in [0.717, 1.165) is 36.2 Å². The second kappa shape index (κ2) is 7.72. The van der Waals surface area contributed by atoms with E-state index in [2.05, 4.69) is 28.3 Å². The van der Waals surface area contributed by atoms with Gasteiger partial charge in [-0.15, -0.1) is 0 Å². The maximum Gasteiger partial charge on any atom is 0.274 e. The normalized spacial score (nSPS) is 10.4. The summed E-state index contributed by atoms with van der Waals surface area (Å²) in [4.78, 5) is 23.0. The number of benzene rings is 1. The van der Waals surface area contributed by atoms with Crippen LogP contribution in [0.3, 0.4) is 0 Å². The molecule has 0 atom stereocenters. The summed E-state index contributed by atoms with van der Waals surface area (Å²) in [5.74, 6) is 0.356. The highest BCUT2D eigenvalue weighted by Gasteiger charge is 2.11. The summed E-state index contributed by atoms with van der Waals surface area (Å²) in [5, 5.41) is 2.90. The Hall–Kier alpha value is -2.43. The number of amides is 1. The predicted octanol–water partition coefficient (Wildman–Crippen LogP) is 3.58. The van der Waals surface area contributed by atoms with Gasteiger partial charge in [-0.1, -0.05) is 19.4 Å². The van der Waals surface area contributed by atoms with Crippen molar-refractivity contribution in [3.05, 3.63) is 47.3 Å². The molecule has 0 fully saturated rings. The van der Waals surface area contributed by atoms with Gasteiger partial charge in [-0.3, -0.25) is 4.79 Å². The molecule has 0 bridgehead atoms. The molecule has 0 aliphatic heterocycles. The monoisotopic (exact) mass is 312 g/mol. The Morgan fingerprint density at radius 3 is 2.57 bits per heavy atom. The number of anilines is 2. The summed E-state index contributed by atoms with van der Waals surface area (Å²) in [7, 11) is 1.94. The first kappa shape index (κ1) is 16.9. The van der Waals surface area contributed by atoms with Crippen molar-refractivity contribution in [2.45, 2.75) is 33.6 Å². The van der Waals surface area contributed by atoms with Gasteiger partial charge in [0.15, 0.2) is 0 Å². The van der Waals surface area contributed by atoms with E-state index in [1.165, 1.54) is 0 Å². The number of carbonyl (C=O) groups is 1. The van der Waals surface area contributed by atoms with Gasteiger partial charge in [0.2, 0.25) is 5.95 Å². The Morgan fingerprint density at radius 1 is 1.22 bits per heavy atom. The zero-order valence-corrected chi connectivity index (χ0v) is 14.3. The van der Waals surface area contributed by atoms with Crippen molar-refractivity contribution in [2.75, 3.05) is 23.8 Å². The second-order valence-corrected chi connectivity index (χ2v) is 5.85. The quantitative estimate of drug-likeness (QED) is 0.885. The highest BCUT2D eigenvalue weighted by molar-refractivity contribution is 6.03. The average Bonchev–Trinajstić information content (AvgIpc) is 2.51. The maximum absolute atomic E-state index is 12.4. The molecular formula is C18H24N4O. The summed E-state index contributed by atoms with van der Waals surface area (Å²) in [6.45, 7) is 7.03. The molecule has 0 aliphatic carbocycles. The van der Waals surface area contributed by atoms with Crippen LogP contribution < -0.4 is 10.2 Å². The van der Waals surface area contributed by atoms with Crippen LogP contribution in [0.25, 0.3) is 0 Å². The Bertz CT molecular complexity index is 664. The smallest absolute Gasteiger partial charge is 0.274 e. The third-order valence-electron chi connectivity index (χ3n) is 3.54. The van der Waals surface area contributed by atoms with E-state index < -0.39 is 0 Å². The highest BCUT2D eigenvalue weighted by atomic mass is 16.1. The molecule has 23 heavy (non-hydrogen) atoms. The van der Waals surface area contributed by atoms with Crippen LogP contribution in [0.2, 0.25) is 0 Å². The average molecular weight is 312 g/mol. The molecule has 122 valence electrons. The van der Waals surface area contributed by atoms with Crippen LogP contribution >= 0.6 is 0 Å². The molecule has 2 aromatic rings. The molecule has 1 heterocycles. The van der Waals surface area contributed by atoms with Crippen molar-refractivity contribution in [1.29, 1.82) is 0 Å². The molecule has 0 saturated heterocycles. The third kappa shape index (κ3) is 4.77. The van der Waals surface area contributed by atoms with Gasteiger partial charge in [0.05, 0.1) is 0 Å². The fraction of sp³-hybridized carbons (Fsp3) is 0.389. The van der Waals surface area contributed by atoms with Gasteiger partial charge in [-0.2, -0.15) is 0 Å². The van der Waals surface area contributed by atoms with E-state index in [1.807, 2.05) is 37.9 Å². The number of aryl methyl sites for hydroxylation is 2. The van der Waals surface area contributed by atoms with Gasteiger partial charge in [-0.05, 0) is 49.6 Å². The van der Waals surface area contributed by atoms with Gasteiger partial charge in [0.1, 0.15) is 5.69 Å². The van der Waals surface area contributed by atoms with Crippen LogP contribution in [0.4, 0.5) is 11.6 Å². The molecule has 5 heteroatoms. The predicted molar refractivity (Wildman–Crippen MR) is 94.1 cm³/mol. The standard InChI is InChI=1S/C18H24N4O/c1-5-6-9-22(4)18-19-8-7-16(21-18)17(23)20-15-11-13(2)10-14(3)12-15/h7-8,10-12H,5-6,9H2,1-4H3,(H,20,23). The Labute approximate surface area is 137 Å². The molecule has 0 unspecified atom stereocenters. The van der Waals surface area contributed by atoms with Crippen molar-refractivity contribution in [1.82, 2.24) is 9.97 Å². The number of rotatable bonds is 6. The SMILES string of the molecule is CCCCN(C)c1nccc(C(=O)Nc2cc(C)cc(C)c2)n1. The van der Waals surface area contributed by atoms with Crippen molar-refractivity contribution in [3.8, 4) is 0 Å². The van der Waals surface area contributed by atoms with Gasteiger partial charge in [0, 0.05) is 25.5 Å². The lowest BCUT2D eigenvalue weighted by Gasteiger charge is -2.16. The molecule has 1 aromatic heterocycles. The van der Waals surface area contributed by atoms with Crippen molar-refractivity contribution < 1.29 is 4.79 Å². The molecule has 0 radical (unpaired) electrons. The minimum Gasteiger partial charge on any atom is -0.344 e. The first-order valence-corrected chi connectivity index (χ1v) is 7.93. The van der Waals surface area contributed by atoms with Crippen LogP contribution in [0.15, 0.2) is 30.5 Å². The highest BCUT2D eigenvalue weighted by Crippen LogP contribution is 2.15. The van der Waals surface area contributed by atoms with E-state index in [4.69, 9.17) is 0 Å². The number of unbranched alkanes of at least 4 members (excludes halogenated alkanes) is 1. The van der Waals surface area contributed by atoms with Crippen LogP contribution in [-0.4, -0.2) is 29.5 Å². The summed E-state index contributed by atoms with van der Waals surface area (Å²) in [6.07, 6.45) is 3.80. The van der Waals surface area contributed by atoms with Gasteiger partial charge in [0.25, 0.3) is 5.91 Å². The number of nitrogens with one attached hydrogen (secondary N) is 1. The number of aromatic nitrogens is 2. The Kier molecular flexibility index (Phi) is 5.68. The lowest BCUT2D eigenvalue weighted by molar-refractivity contribution is 0.102. The van der Waals surface area contributed by atoms with E-state index in [-0.39, 0.29) is 5.91 Å². The molecule has 0 spiro atoms. The zero-order chi connectivity index (χ0) is 16.8. The van der Waals surface area contributed by atoms with Crippen molar-refractivity contribution in [2.24, 2.45) is 0 Å². The lowest BCUT2D eigenvalue weighted by Crippen LogP contribution is -2.23. The van der Waals surface area contributed by atoms with Gasteiger partial charge < -0.3 is 10.2 Å². The number of hydrogen-bond donors (Lipinski definition) is 1. The molecule has 1 aromatic carbocycles. The van der Waals surface area contributed by atoms with E-state index >= 15 is 0 Å². The molecular weight excluding hydrogens is 288 g/mol. The summed E-state index contributed by atoms with van der Waals surface area (Å²) in [6, 6.07) is 7.59. The summed E-state index contributed by atoms with van der Waals surface area (Å²) in [5.41, 5.74) is 3.38.